The molecule has 0 aliphatic carbocycles. The van der Waals surface area contributed by atoms with E-state index >= 15 is 0 Å². The van der Waals surface area contributed by atoms with Gasteiger partial charge in [-0.15, -0.1) is 0 Å². The first-order chi connectivity index (χ1) is 8.10. The highest BCUT2D eigenvalue weighted by molar-refractivity contribution is 5.15. The van der Waals surface area contributed by atoms with Gasteiger partial charge in [0.25, 0.3) is 0 Å². The molecule has 1 aromatic heterocycles. The van der Waals surface area contributed by atoms with E-state index in [0.29, 0.717) is 5.54 Å². The number of hydrogen-bond acceptors (Lipinski definition) is 2. The maximum atomic E-state index is 4.55. The van der Waals surface area contributed by atoms with Crippen molar-refractivity contribution in [2.24, 2.45) is 5.92 Å². The number of nitrogens with zero attached hydrogens (tertiary/aromatic N) is 1. The van der Waals surface area contributed by atoms with E-state index in [1.807, 2.05) is 6.20 Å². The molecular weight excluding hydrogens is 208 g/mol. The molecule has 0 spiro atoms. The molecule has 0 radical (unpaired) electrons. The molecule has 1 atom stereocenters. The normalized spacial score (nSPS) is 24.5. The molecule has 0 amide bonds. The standard InChI is InChI=1S/C15H24N2/c1-12(2)9-15(7-4-8-17-15)10-14-6-5-13(3)11-16-14/h5-6,11-12,17H,4,7-10H2,1-3H3. The Balaban J connectivity index is 2.09. The van der Waals surface area contributed by atoms with E-state index in [-0.39, 0.29) is 0 Å². The fourth-order valence-corrected chi connectivity index (χ4v) is 3.00. The van der Waals surface area contributed by atoms with Crippen LogP contribution in [0.25, 0.3) is 0 Å². The predicted molar refractivity (Wildman–Crippen MR) is 72.1 cm³/mol. The van der Waals surface area contributed by atoms with Crippen molar-refractivity contribution in [3.8, 4) is 0 Å². The lowest BCUT2D eigenvalue weighted by Gasteiger charge is -2.31. The number of aryl methyl sites for hydroxylation is 1. The molecule has 0 aromatic carbocycles. The van der Waals surface area contributed by atoms with Gasteiger partial charge >= 0.3 is 0 Å². The first kappa shape index (κ1) is 12.6. The van der Waals surface area contributed by atoms with Crippen LogP contribution >= 0.6 is 0 Å². The summed E-state index contributed by atoms with van der Waals surface area (Å²) in [6, 6.07) is 4.35. The van der Waals surface area contributed by atoms with Gasteiger partial charge in [-0.25, -0.2) is 0 Å². The molecule has 1 aromatic rings. The number of aromatic nitrogens is 1. The van der Waals surface area contributed by atoms with Gasteiger partial charge in [0.1, 0.15) is 0 Å². The zero-order valence-electron chi connectivity index (χ0n) is 11.3. The molecule has 0 saturated carbocycles. The minimum absolute atomic E-state index is 0.302. The van der Waals surface area contributed by atoms with Crippen molar-refractivity contribution in [3.05, 3.63) is 29.6 Å². The SMILES string of the molecule is Cc1ccc(CC2(CC(C)C)CCCN2)nc1. The van der Waals surface area contributed by atoms with E-state index in [9.17, 15) is 0 Å². The van der Waals surface area contributed by atoms with Crippen molar-refractivity contribution in [3.63, 3.8) is 0 Å². The van der Waals surface area contributed by atoms with Crippen LogP contribution in [-0.2, 0) is 6.42 Å². The third kappa shape index (κ3) is 3.29. The lowest BCUT2D eigenvalue weighted by atomic mass is 9.83. The summed E-state index contributed by atoms with van der Waals surface area (Å²) in [5, 5.41) is 3.72. The maximum absolute atomic E-state index is 4.55. The van der Waals surface area contributed by atoms with Crippen LogP contribution in [0.3, 0.4) is 0 Å². The van der Waals surface area contributed by atoms with E-state index in [1.54, 1.807) is 0 Å². The summed E-state index contributed by atoms with van der Waals surface area (Å²) >= 11 is 0. The van der Waals surface area contributed by atoms with Gasteiger partial charge in [0.2, 0.25) is 0 Å². The fourth-order valence-electron chi connectivity index (χ4n) is 3.00. The van der Waals surface area contributed by atoms with Crippen molar-refractivity contribution in [1.82, 2.24) is 10.3 Å². The highest BCUT2D eigenvalue weighted by Crippen LogP contribution is 2.30. The molecule has 94 valence electrons. The van der Waals surface area contributed by atoms with E-state index in [4.69, 9.17) is 0 Å². The molecule has 2 nitrogen and oxygen atoms in total. The lowest BCUT2D eigenvalue weighted by Crippen LogP contribution is -2.43. The summed E-state index contributed by atoms with van der Waals surface area (Å²) in [5.74, 6) is 0.742. The predicted octanol–water partition coefficient (Wildman–Crippen LogP) is 3.10. The molecule has 2 rings (SSSR count). The molecular formula is C15H24N2. The number of nitrogens with one attached hydrogen (secondary N) is 1. The van der Waals surface area contributed by atoms with E-state index < -0.39 is 0 Å². The monoisotopic (exact) mass is 232 g/mol. The minimum atomic E-state index is 0.302. The van der Waals surface area contributed by atoms with Crippen molar-refractivity contribution >= 4 is 0 Å². The van der Waals surface area contributed by atoms with Gasteiger partial charge in [-0.2, -0.15) is 0 Å². The van der Waals surface area contributed by atoms with Crippen LogP contribution in [0.1, 0.15) is 44.4 Å². The Morgan fingerprint density at radius 3 is 2.76 bits per heavy atom. The van der Waals surface area contributed by atoms with Crippen molar-refractivity contribution in [2.75, 3.05) is 6.54 Å². The van der Waals surface area contributed by atoms with E-state index in [0.717, 1.165) is 12.3 Å². The fraction of sp³-hybridized carbons (Fsp3) is 0.667. The molecule has 0 bridgehead atoms. The third-order valence-electron chi connectivity index (χ3n) is 3.62. The number of pyridine rings is 1. The summed E-state index contributed by atoms with van der Waals surface area (Å²) in [4.78, 5) is 4.55. The number of rotatable bonds is 4. The smallest absolute Gasteiger partial charge is 0.0422 e. The Kier molecular flexibility index (Phi) is 3.82. The van der Waals surface area contributed by atoms with Crippen molar-refractivity contribution < 1.29 is 0 Å². The Hall–Kier alpha value is -0.890. The first-order valence-corrected chi connectivity index (χ1v) is 6.76. The highest BCUT2D eigenvalue weighted by atomic mass is 15.0. The molecule has 17 heavy (non-hydrogen) atoms. The Labute approximate surface area is 105 Å². The van der Waals surface area contributed by atoms with Crippen LogP contribution in [0.5, 0.6) is 0 Å². The summed E-state index contributed by atoms with van der Waals surface area (Å²) in [6.45, 7) is 7.88. The molecule has 1 aliphatic heterocycles. The Bertz CT molecular complexity index is 348. The molecule has 1 fully saturated rings. The molecule has 1 unspecified atom stereocenters. The van der Waals surface area contributed by atoms with Crippen LogP contribution in [0, 0.1) is 12.8 Å². The summed E-state index contributed by atoms with van der Waals surface area (Å²) in [5.41, 5.74) is 2.77. The summed E-state index contributed by atoms with van der Waals surface area (Å²) in [7, 11) is 0. The number of hydrogen-bond donors (Lipinski definition) is 1. The zero-order chi connectivity index (χ0) is 12.3. The Morgan fingerprint density at radius 2 is 2.24 bits per heavy atom. The molecule has 2 heterocycles. The molecule has 2 heteroatoms. The van der Waals surface area contributed by atoms with Gasteiger partial charge in [0.05, 0.1) is 0 Å². The maximum Gasteiger partial charge on any atom is 0.0422 e. The summed E-state index contributed by atoms with van der Waals surface area (Å²) < 4.78 is 0. The quantitative estimate of drug-likeness (QED) is 0.863. The summed E-state index contributed by atoms with van der Waals surface area (Å²) in [6.07, 6.45) is 6.90. The second kappa shape index (κ2) is 5.18. The average Bonchev–Trinajstić information content (AvgIpc) is 2.69. The topological polar surface area (TPSA) is 24.9 Å². The minimum Gasteiger partial charge on any atom is -0.311 e. The van der Waals surface area contributed by atoms with Gasteiger partial charge in [0, 0.05) is 23.9 Å². The molecule has 1 N–H and O–H groups in total. The highest BCUT2D eigenvalue weighted by Gasteiger charge is 2.34. The van der Waals surface area contributed by atoms with Crippen LogP contribution in [-0.4, -0.2) is 17.1 Å². The van der Waals surface area contributed by atoms with Gasteiger partial charge in [-0.3, -0.25) is 4.98 Å². The van der Waals surface area contributed by atoms with E-state index in [2.05, 4.69) is 43.2 Å². The van der Waals surface area contributed by atoms with Crippen molar-refractivity contribution in [1.29, 1.82) is 0 Å². The molecule has 1 aliphatic rings. The second-order valence-corrected chi connectivity index (χ2v) is 5.91. The largest absolute Gasteiger partial charge is 0.311 e. The first-order valence-electron chi connectivity index (χ1n) is 6.76. The van der Waals surface area contributed by atoms with Crippen LogP contribution in [0.4, 0.5) is 0 Å². The van der Waals surface area contributed by atoms with Crippen LogP contribution in [0.2, 0.25) is 0 Å². The van der Waals surface area contributed by atoms with E-state index in [1.165, 1.54) is 37.1 Å². The van der Waals surface area contributed by atoms with Crippen LogP contribution < -0.4 is 5.32 Å². The van der Waals surface area contributed by atoms with Gasteiger partial charge in [0.15, 0.2) is 0 Å². The lowest BCUT2D eigenvalue weighted by molar-refractivity contribution is 0.299. The third-order valence-corrected chi connectivity index (χ3v) is 3.62. The van der Waals surface area contributed by atoms with Crippen LogP contribution in [0.15, 0.2) is 18.3 Å². The zero-order valence-corrected chi connectivity index (χ0v) is 11.3. The van der Waals surface area contributed by atoms with Gasteiger partial charge in [-0.1, -0.05) is 19.9 Å². The second-order valence-electron chi connectivity index (χ2n) is 5.91. The average molecular weight is 232 g/mol. The Morgan fingerprint density at radius 1 is 1.41 bits per heavy atom. The van der Waals surface area contributed by atoms with Gasteiger partial charge < -0.3 is 5.32 Å². The molecule has 1 saturated heterocycles. The van der Waals surface area contributed by atoms with Gasteiger partial charge in [-0.05, 0) is 50.3 Å². The van der Waals surface area contributed by atoms with Crippen molar-refractivity contribution in [2.45, 2.75) is 52.0 Å².